The summed E-state index contributed by atoms with van der Waals surface area (Å²) in [6.07, 6.45) is 2.88. The zero-order valence-electron chi connectivity index (χ0n) is 13.5. The Morgan fingerprint density at radius 1 is 1.40 bits per heavy atom. The van der Waals surface area contributed by atoms with Gasteiger partial charge in [0.05, 0.1) is 11.6 Å². The van der Waals surface area contributed by atoms with Crippen molar-refractivity contribution in [2.75, 3.05) is 13.2 Å². The maximum Gasteiger partial charge on any atom is 0.146 e. The van der Waals surface area contributed by atoms with Gasteiger partial charge in [-0.1, -0.05) is 20.8 Å². The molecule has 1 rings (SSSR count). The normalized spacial score (nSPS) is 29.1. The summed E-state index contributed by atoms with van der Waals surface area (Å²) in [4.78, 5) is 23.4. The SMILES string of the molecule is CCC(=O)C(C)(CC)CCOC1(C)CNC(C(C)=O)C1. The number of nitrogens with one attached hydrogen (secondary N) is 1. The second kappa shape index (κ2) is 6.81. The fourth-order valence-electron chi connectivity index (χ4n) is 2.78. The van der Waals surface area contributed by atoms with Gasteiger partial charge in [-0.2, -0.15) is 0 Å². The first-order valence-corrected chi connectivity index (χ1v) is 7.67. The van der Waals surface area contributed by atoms with Crippen molar-refractivity contribution in [1.82, 2.24) is 5.32 Å². The summed E-state index contributed by atoms with van der Waals surface area (Å²) in [6.45, 7) is 10.9. The zero-order chi connectivity index (χ0) is 15.4. The third kappa shape index (κ3) is 4.13. The van der Waals surface area contributed by atoms with Gasteiger partial charge in [0.2, 0.25) is 0 Å². The molecule has 1 fully saturated rings. The lowest BCUT2D eigenvalue weighted by Crippen LogP contribution is -2.34. The highest BCUT2D eigenvalue weighted by Crippen LogP contribution is 2.30. The van der Waals surface area contributed by atoms with E-state index in [1.54, 1.807) is 6.92 Å². The van der Waals surface area contributed by atoms with E-state index in [4.69, 9.17) is 4.74 Å². The van der Waals surface area contributed by atoms with Crippen molar-refractivity contribution in [3.05, 3.63) is 0 Å². The van der Waals surface area contributed by atoms with Gasteiger partial charge in [0, 0.05) is 25.0 Å². The largest absolute Gasteiger partial charge is 0.374 e. The van der Waals surface area contributed by atoms with Crippen LogP contribution in [0.5, 0.6) is 0 Å². The molecule has 1 aliphatic heterocycles. The summed E-state index contributed by atoms with van der Waals surface area (Å²) in [5.41, 5.74) is -0.572. The Morgan fingerprint density at radius 3 is 2.50 bits per heavy atom. The highest BCUT2D eigenvalue weighted by molar-refractivity contribution is 5.84. The molecule has 0 bridgehead atoms. The number of carbonyl (C=O) groups is 2. The van der Waals surface area contributed by atoms with E-state index in [2.05, 4.69) is 12.2 Å². The van der Waals surface area contributed by atoms with E-state index in [0.29, 0.717) is 31.8 Å². The first-order valence-electron chi connectivity index (χ1n) is 7.67. The van der Waals surface area contributed by atoms with Crippen molar-refractivity contribution in [3.63, 3.8) is 0 Å². The number of hydrogen-bond acceptors (Lipinski definition) is 4. The zero-order valence-corrected chi connectivity index (χ0v) is 13.5. The molecule has 4 nitrogen and oxygen atoms in total. The second-order valence-corrected chi connectivity index (χ2v) is 6.49. The van der Waals surface area contributed by atoms with Crippen molar-refractivity contribution in [2.24, 2.45) is 5.41 Å². The lowest BCUT2D eigenvalue weighted by atomic mass is 9.79. The van der Waals surface area contributed by atoms with Crippen LogP contribution in [0.15, 0.2) is 0 Å². The summed E-state index contributed by atoms with van der Waals surface area (Å²) in [6, 6.07) is -0.0881. The number of hydrogen-bond donors (Lipinski definition) is 1. The Labute approximate surface area is 122 Å². The van der Waals surface area contributed by atoms with Gasteiger partial charge < -0.3 is 10.1 Å². The Morgan fingerprint density at radius 2 is 2.05 bits per heavy atom. The van der Waals surface area contributed by atoms with Crippen LogP contribution in [-0.4, -0.2) is 36.4 Å². The van der Waals surface area contributed by atoms with Gasteiger partial charge in [-0.3, -0.25) is 9.59 Å². The number of rotatable bonds is 8. The molecular weight excluding hydrogens is 254 g/mol. The van der Waals surface area contributed by atoms with Gasteiger partial charge >= 0.3 is 0 Å². The van der Waals surface area contributed by atoms with Crippen molar-refractivity contribution >= 4 is 11.6 Å². The van der Waals surface area contributed by atoms with Crippen molar-refractivity contribution < 1.29 is 14.3 Å². The van der Waals surface area contributed by atoms with Crippen LogP contribution in [0.1, 0.15) is 60.3 Å². The molecule has 0 saturated carbocycles. The predicted octanol–water partition coefficient (Wildman–Crippen LogP) is 2.50. The highest BCUT2D eigenvalue weighted by Gasteiger charge is 2.38. The molecule has 0 aromatic heterocycles. The van der Waals surface area contributed by atoms with Crippen LogP contribution in [0.4, 0.5) is 0 Å². The maximum atomic E-state index is 12.0. The summed E-state index contributed by atoms with van der Waals surface area (Å²) in [5, 5.41) is 3.20. The molecule has 1 aliphatic rings. The topological polar surface area (TPSA) is 55.4 Å². The molecule has 1 heterocycles. The Balaban J connectivity index is 2.48. The molecule has 4 heteroatoms. The molecule has 1 saturated heterocycles. The van der Waals surface area contributed by atoms with Crippen LogP contribution in [0.25, 0.3) is 0 Å². The Kier molecular flexibility index (Phi) is 5.90. The van der Waals surface area contributed by atoms with Gasteiger partial charge in [-0.15, -0.1) is 0 Å². The Bertz CT molecular complexity index is 369. The van der Waals surface area contributed by atoms with Crippen LogP contribution in [-0.2, 0) is 14.3 Å². The monoisotopic (exact) mass is 283 g/mol. The molecule has 0 aromatic rings. The number of ketones is 2. The summed E-state index contributed by atoms with van der Waals surface area (Å²) < 4.78 is 6.00. The molecular formula is C16H29NO3. The van der Waals surface area contributed by atoms with Crippen LogP contribution < -0.4 is 5.32 Å². The van der Waals surface area contributed by atoms with Crippen molar-refractivity contribution in [2.45, 2.75) is 71.9 Å². The minimum atomic E-state index is -0.291. The molecule has 0 amide bonds. The Hall–Kier alpha value is -0.740. The van der Waals surface area contributed by atoms with Gasteiger partial charge in [0.15, 0.2) is 0 Å². The quantitative estimate of drug-likeness (QED) is 0.743. The van der Waals surface area contributed by atoms with Crippen LogP contribution in [0, 0.1) is 5.41 Å². The van der Waals surface area contributed by atoms with E-state index in [-0.39, 0.29) is 22.8 Å². The van der Waals surface area contributed by atoms with E-state index < -0.39 is 0 Å². The summed E-state index contributed by atoms with van der Waals surface area (Å²) in [7, 11) is 0. The summed E-state index contributed by atoms with van der Waals surface area (Å²) in [5.74, 6) is 0.469. The van der Waals surface area contributed by atoms with Gasteiger partial charge in [-0.05, 0) is 33.1 Å². The maximum absolute atomic E-state index is 12.0. The van der Waals surface area contributed by atoms with Crippen LogP contribution in [0.2, 0.25) is 0 Å². The molecule has 0 aromatic carbocycles. The first-order chi connectivity index (χ1) is 9.26. The predicted molar refractivity (Wildman–Crippen MR) is 79.8 cm³/mol. The standard InChI is InChI=1S/C16H29NO3/c1-6-14(19)15(4,7-2)8-9-20-16(5)10-13(12(3)18)17-11-16/h13,17H,6-11H2,1-5H3. The second-order valence-electron chi connectivity index (χ2n) is 6.49. The molecule has 3 unspecified atom stereocenters. The van der Waals surface area contributed by atoms with Gasteiger partial charge in [-0.25, -0.2) is 0 Å². The van der Waals surface area contributed by atoms with E-state index in [9.17, 15) is 9.59 Å². The number of Topliss-reactive ketones (excluding diaryl/α,β-unsaturated/α-hetero) is 2. The fourth-order valence-corrected chi connectivity index (χ4v) is 2.78. The molecule has 0 aliphatic carbocycles. The van der Waals surface area contributed by atoms with E-state index >= 15 is 0 Å². The van der Waals surface area contributed by atoms with E-state index in [1.165, 1.54) is 0 Å². The van der Waals surface area contributed by atoms with Crippen LogP contribution >= 0.6 is 0 Å². The molecule has 20 heavy (non-hydrogen) atoms. The molecule has 1 N–H and O–H groups in total. The minimum Gasteiger partial charge on any atom is -0.374 e. The lowest BCUT2D eigenvalue weighted by Gasteiger charge is -2.29. The van der Waals surface area contributed by atoms with Crippen molar-refractivity contribution in [1.29, 1.82) is 0 Å². The molecule has 3 atom stereocenters. The average Bonchev–Trinajstić information content (AvgIpc) is 2.80. The molecule has 0 radical (unpaired) electrons. The van der Waals surface area contributed by atoms with Crippen LogP contribution in [0.3, 0.4) is 0 Å². The minimum absolute atomic E-state index is 0.0881. The number of carbonyl (C=O) groups excluding carboxylic acids is 2. The van der Waals surface area contributed by atoms with Gasteiger partial charge in [0.25, 0.3) is 0 Å². The molecule has 0 spiro atoms. The average molecular weight is 283 g/mol. The fraction of sp³-hybridized carbons (Fsp3) is 0.875. The lowest BCUT2D eigenvalue weighted by molar-refractivity contribution is -0.130. The van der Waals surface area contributed by atoms with Crippen molar-refractivity contribution in [3.8, 4) is 0 Å². The third-order valence-corrected chi connectivity index (χ3v) is 4.73. The van der Waals surface area contributed by atoms with E-state index in [0.717, 1.165) is 12.8 Å². The van der Waals surface area contributed by atoms with E-state index in [1.807, 2.05) is 20.8 Å². The smallest absolute Gasteiger partial charge is 0.146 e. The third-order valence-electron chi connectivity index (χ3n) is 4.73. The first kappa shape index (κ1) is 17.3. The molecule has 116 valence electrons. The number of ether oxygens (including phenoxy) is 1. The highest BCUT2D eigenvalue weighted by atomic mass is 16.5. The summed E-state index contributed by atoms with van der Waals surface area (Å²) >= 11 is 0. The van der Waals surface area contributed by atoms with Gasteiger partial charge in [0.1, 0.15) is 11.6 Å².